The highest BCUT2D eigenvalue weighted by Crippen LogP contribution is 2.19. The molecule has 0 unspecified atom stereocenters. The molecule has 4 nitrogen and oxygen atoms in total. The Kier molecular flexibility index (Phi) is 4.30. The van der Waals surface area contributed by atoms with Crippen LogP contribution in [0.15, 0.2) is 15.9 Å². The van der Waals surface area contributed by atoms with Gasteiger partial charge in [0.1, 0.15) is 5.75 Å². The van der Waals surface area contributed by atoms with E-state index < -0.39 is 21.5 Å². The number of nitrogens with one attached hydrogen (secondary N) is 1. The summed E-state index contributed by atoms with van der Waals surface area (Å²) in [6.07, 6.45) is 1.04. The first kappa shape index (κ1) is 12.7. The number of amides is 1. The molecule has 0 aliphatic carbocycles. The Labute approximate surface area is 101 Å². The van der Waals surface area contributed by atoms with Crippen LogP contribution < -0.4 is 5.32 Å². The van der Waals surface area contributed by atoms with Gasteiger partial charge in [0.2, 0.25) is 5.91 Å². The number of hydrogen-bond donors (Lipinski definition) is 1. The fraction of sp³-hybridized carbons (Fsp3) is 0.375. The average molecular weight is 312 g/mol. The Morgan fingerprint density at radius 2 is 2.27 bits per heavy atom. The number of rotatable bonds is 4. The van der Waals surface area contributed by atoms with Crippen molar-refractivity contribution >= 4 is 43.0 Å². The van der Waals surface area contributed by atoms with Crippen molar-refractivity contribution < 1.29 is 13.2 Å². The Balaban J connectivity index is 2.41. The first-order chi connectivity index (χ1) is 6.87. The van der Waals surface area contributed by atoms with Crippen molar-refractivity contribution in [3.05, 3.63) is 20.8 Å². The van der Waals surface area contributed by atoms with E-state index in [9.17, 15) is 13.2 Å². The highest BCUT2D eigenvalue weighted by atomic mass is 79.9. The van der Waals surface area contributed by atoms with E-state index in [0.29, 0.717) is 6.54 Å². The molecule has 1 heterocycles. The molecule has 0 fully saturated rings. The number of carbonyl (C=O) groups is 1. The smallest absolute Gasteiger partial charge is 0.235 e. The largest absolute Gasteiger partial charge is 0.350 e. The zero-order chi connectivity index (χ0) is 11.5. The molecule has 0 saturated heterocycles. The van der Waals surface area contributed by atoms with Crippen LogP contribution in [0, 0.1) is 0 Å². The van der Waals surface area contributed by atoms with E-state index >= 15 is 0 Å². The maximum absolute atomic E-state index is 11.1. The molecular weight excluding hydrogens is 302 g/mol. The van der Waals surface area contributed by atoms with Crippen molar-refractivity contribution in [2.24, 2.45) is 0 Å². The molecule has 84 valence electrons. The zero-order valence-corrected chi connectivity index (χ0v) is 11.2. The lowest BCUT2D eigenvalue weighted by Gasteiger charge is -2.01. The molecule has 1 N–H and O–H groups in total. The quantitative estimate of drug-likeness (QED) is 0.908. The van der Waals surface area contributed by atoms with Gasteiger partial charge in [-0.15, -0.1) is 11.3 Å². The number of thiophene rings is 1. The Morgan fingerprint density at radius 1 is 1.60 bits per heavy atom. The van der Waals surface area contributed by atoms with Crippen molar-refractivity contribution in [2.75, 3.05) is 12.0 Å². The summed E-state index contributed by atoms with van der Waals surface area (Å²) in [5.74, 6) is -0.929. The fourth-order valence-corrected chi connectivity index (χ4v) is 2.89. The van der Waals surface area contributed by atoms with Gasteiger partial charge in [-0.1, -0.05) is 0 Å². The monoisotopic (exact) mass is 311 g/mol. The van der Waals surface area contributed by atoms with E-state index in [1.807, 2.05) is 11.4 Å². The van der Waals surface area contributed by atoms with E-state index in [2.05, 4.69) is 21.2 Å². The predicted molar refractivity (Wildman–Crippen MR) is 63.6 cm³/mol. The van der Waals surface area contributed by atoms with Crippen LogP contribution in [0.25, 0.3) is 0 Å². The van der Waals surface area contributed by atoms with Gasteiger partial charge in [0.25, 0.3) is 0 Å². The molecule has 1 aromatic heterocycles. The second-order valence-corrected chi connectivity index (χ2v) is 7.13. The molecule has 1 rings (SSSR count). The Hall–Kier alpha value is -0.400. The number of carbonyl (C=O) groups excluding carboxylic acids is 1. The standard InChI is InChI=1S/C8H10BrNO3S2/c1-15(12,13)5-8(11)10-3-7-2-6(9)4-14-7/h2,4H,3,5H2,1H3,(H,10,11). The van der Waals surface area contributed by atoms with Crippen LogP contribution in [0.5, 0.6) is 0 Å². The summed E-state index contributed by atoms with van der Waals surface area (Å²) in [5.41, 5.74) is 0. The lowest BCUT2D eigenvalue weighted by Crippen LogP contribution is -2.29. The molecule has 0 saturated carbocycles. The van der Waals surface area contributed by atoms with Gasteiger partial charge < -0.3 is 5.32 Å². The first-order valence-electron chi connectivity index (χ1n) is 4.04. The lowest BCUT2D eigenvalue weighted by molar-refractivity contribution is -0.118. The molecule has 7 heteroatoms. The van der Waals surface area contributed by atoms with Gasteiger partial charge >= 0.3 is 0 Å². The summed E-state index contributed by atoms with van der Waals surface area (Å²) < 4.78 is 22.5. The predicted octanol–water partition coefficient (Wildman–Crippen LogP) is 1.17. The van der Waals surface area contributed by atoms with E-state index in [0.717, 1.165) is 15.6 Å². The molecule has 0 atom stereocenters. The maximum Gasteiger partial charge on any atom is 0.235 e. The molecule has 0 bridgehead atoms. The van der Waals surface area contributed by atoms with Gasteiger partial charge in [-0.25, -0.2) is 8.42 Å². The van der Waals surface area contributed by atoms with Crippen LogP contribution in [0.3, 0.4) is 0 Å². The van der Waals surface area contributed by atoms with E-state index in [-0.39, 0.29) is 0 Å². The van der Waals surface area contributed by atoms with Gasteiger partial charge in [-0.3, -0.25) is 4.79 Å². The van der Waals surface area contributed by atoms with E-state index in [4.69, 9.17) is 0 Å². The Morgan fingerprint density at radius 3 is 2.73 bits per heavy atom. The van der Waals surface area contributed by atoms with Gasteiger partial charge in [-0.05, 0) is 22.0 Å². The molecule has 1 amide bonds. The third-order valence-electron chi connectivity index (χ3n) is 1.47. The van der Waals surface area contributed by atoms with Crippen molar-refractivity contribution in [3.63, 3.8) is 0 Å². The average Bonchev–Trinajstić information content (AvgIpc) is 2.45. The molecule has 1 aromatic rings. The summed E-state index contributed by atoms with van der Waals surface area (Å²) in [7, 11) is -3.24. The van der Waals surface area contributed by atoms with E-state index in [1.165, 1.54) is 11.3 Å². The van der Waals surface area contributed by atoms with Crippen LogP contribution in [0.4, 0.5) is 0 Å². The topological polar surface area (TPSA) is 63.2 Å². The van der Waals surface area contributed by atoms with Crippen LogP contribution in [-0.2, 0) is 21.2 Å². The maximum atomic E-state index is 11.1. The Bertz CT molecular complexity index is 452. The fourth-order valence-electron chi connectivity index (χ4n) is 0.921. The number of halogens is 1. The summed E-state index contributed by atoms with van der Waals surface area (Å²) >= 11 is 4.79. The molecule has 0 radical (unpaired) electrons. The molecule has 0 aliphatic rings. The second-order valence-electron chi connectivity index (χ2n) is 3.08. The minimum atomic E-state index is -3.24. The van der Waals surface area contributed by atoms with Gasteiger partial charge in [0.05, 0.1) is 6.54 Å². The minimum Gasteiger partial charge on any atom is -0.350 e. The summed E-state index contributed by atoms with van der Waals surface area (Å²) in [6, 6.07) is 1.88. The highest BCUT2D eigenvalue weighted by Gasteiger charge is 2.10. The van der Waals surface area contributed by atoms with Crippen molar-refractivity contribution in [3.8, 4) is 0 Å². The number of hydrogen-bond acceptors (Lipinski definition) is 4. The van der Waals surface area contributed by atoms with Crippen LogP contribution in [-0.4, -0.2) is 26.3 Å². The van der Waals surface area contributed by atoms with Gasteiger partial charge in [0.15, 0.2) is 9.84 Å². The lowest BCUT2D eigenvalue weighted by atomic mass is 10.4. The van der Waals surface area contributed by atoms with E-state index in [1.54, 1.807) is 0 Å². The van der Waals surface area contributed by atoms with Gasteiger partial charge in [-0.2, -0.15) is 0 Å². The summed E-state index contributed by atoms with van der Waals surface area (Å²) in [4.78, 5) is 12.1. The molecule has 15 heavy (non-hydrogen) atoms. The van der Waals surface area contributed by atoms with Crippen molar-refractivity contribution in [1.29, 1.82) is 0 Å². The second kappa shape index (κ2) is 5.09. The van der Waals surface area contributed by atoms with Crippen LogP contribution in [0.1, 0.15) is 4.88 Å². The highest BCUT2D eigenvalue weighted by molar-refractivity contribution is 9.10. The third-order valence-corrected chi connectivity index (χ3v) is 3.96. The molecule has 0 spiro atoms. The van der Waals surface area contributed by atoms with Crippen molar-refractivity contribution in [1.82, 2.24) is 5.32 Å². The van der Waals surface area contributed by atoms with Gasteiger partial charge in [0, 0.05) is 21.0 Å². The minimum absolute atomic E-state index is 0.366. The summed E-state index contributed by atoms with van der Waals surface area (Å²) in [5, 5.41) is 4.44. The van der Waals surface area contributed by atoms with Crippen LogP contribution in [0.2, 0.25) is 0 Å². The molecule has 0 aromatic carbocycles. The summed E-state index contributed by atoms with van der Waals surface area (Å²) in [6.45, 7) is 0.366. The zero-order valence-electron chi connectivity index (χ0n) is 7.99. The van der Waals surface area contributed by atoms with Crippen molar-refractivity contribution in [2.45, 2.75) is 6.54 Å². The number of sulfone groups is 1. The normalized spacial score (nSPS) is 11.3. The van der Waals surface area contributed by atoms with Crippen LogP contribution >= 0.6 is 27.3 Å². The molecular formula is C8H10BrNO3S2. The molecule has 0 aliphatic heterocycles. The first-order valence-corrected chi connectivity index (χ1v) is 7.77. The SMILES string of the molecule is CS(=O)(=O)CC(=O)NCc1cc(Br)cs1. The third kappa shape index (κ3) is 5.29.